The molecule has 1 aliphatic rings. The van der Waals surface area contributed by atoms with Crippen molar-refractivity contribution >= 4 is 16.2 Å². The van der Waals surface area contributed by atoms with E-state index in [2.05, 4.69) is 0 Å². The van der Waals surface area contributed by atoms with Gasteiger partial charge in [0.15, 0.2) is 0 Å². The number of carbonyl (C=O) groups is 1. The van der Waals surface area contributed by atoms with Gasteiger partial charge in [-0.1, -0.05) is 13.3 Å². The summed E-state index contributed by atoms with van der Waals surface area (Å²) in [5.41, 5.74) is 0. The number of rotatable bonds is 8. The van der Waals surface area contributed by atoms with E-state index in [0.717, 1.165) is 19.3 Å². The maximum absolute atomic E-state index is 12.0. The van der Waals surface area contributed by atoms with Gasteiger partial charge >= 0.3 is 5.97 Å². The van der Waals surface area contributed by atoms with Crippen LogP contribution in [0.15, 0.2) is 0 Å². The van der Waals surface area contributed by atoms with Gasteiger partial charge in [0.2, 0.25) is 0 Å². The van der Waals surface area contributed by atoms with Crippen LogP contribution in [0.4, 0.5) is 0 Å². The van der Waals surface area contributed by atoms with E-state index in [4.69, 9.17) is 5.11 Å². The Balaban J connectivity index is 2.29. The molecule has 0 atom stereocenters. The van der Waals surface area contributed by atoms with Gasteiger partial charge in [-0.2, -0.15) is 17.0 Å². The number of carboxylic acid groups (broad SMARTS) is 1. The molecule has 0 bridgehead atoms. The molecule has 0 unspecified atom stereocenters. The molecule has 1 rings (SSSR count). The van der Waals surface area contributed by atoms with Gasteiger partial charge in [-0.25, -0.2) is 0 Å². The van der Waals surface area contributed by atoms with E-state index in [1.54, 1.807) is 0 Å². The van der Waals surface area contributed by atoms with Gasteiger partial charge in [0.05, 0.1) is 0 Å². The van der Waals surface area contributed by atoms with Crippen molar-refractivity contribution in [3.05, 3.63) is 0 Å². The van der Waals surface area contributed by atoms with Crippen molar-refractivity contribution in [2.75, 3.05) is 26.2 Å². The SMILES string of the molecule is CCCN1CCN(CCCCCC(=O)O)S1(=O)=O. The van der Waals surface area contributed by atoms with Crippen LogP contribution in [-0.4, -0.2) is 54.3 Å². The summed E-state index contributed by atoms with van der Waals surface area (Å²) >= 11 is 0. The van der Waals surface area contributed by atoms with Crippen molar-refractivity contribution in [1.82, 2.24) is 8.61 Å². The zero-order valence-electron chi connectivity index (χ0n) is 10.8. The molecule has 0 aliphatic carbocycles. The van der Waals surface area contributed by atoms with Crippen molar-refractivity contribution in [2.45, 2.75) is 39.0 Å². The van der Waals surface area contributed by atoms with Crippen LogP contribution in [0.25, 0.3) is 0 Å². The minimum Gasteiger partial charge on any atom is -0.481 e. The second-order valence-electron chi connectivity index (χ2n) is 4.51. The Kier molecular flexibility index (Phi) is 6.04. The zero-order valence-corrected chi connectivity index (χ0v) is 11.7. The lowest BCUT2D eigenvalue weighted by Gasteiger charge is -2.17. The standard InChI is InChI=1S/C11H22N2O4S/c1-2-7-12-9-10-13(18(12,16)17)8-5-3-4-6-11(14)15/h2-10H2,1H3,(H,14,15). The topological polar surface area (TPSA) is 77.9 Å². The number of unbranched alkanes of at least 4 members (excludes halogenated alkanes) is 2. The summed E-state index contributed by atoms with van der Waals surface area (Å²) in [6.45, 7) is 4.18. The van der Waals surface area contributed by atoms with E-state index in [9.17, 15) is 13.2 Å². The minimum absolute atomic E-state index is 0.161. The van der Waals surface area contributed by atoms with Gasteiger partial charge in [0.1, 0.15) is 0 Å². The van der Waals surface area contributed by atoms with Gasteiger partial charge in [-0.05, 0) is 19.3 Å². The summed E-state index contributed by atoms with van der Waals surface area (Å²) in [7, 11) is -3.24. The average molecular weight is 278 g/mol. The molecular formula is C11H22N2O4S. The molecule has 0 amide bonds. The third-order valence-electron chi connectivity index (χ3n) is 3.02. The van der Waals surface area contributed by atoms with E-state index in [1.165, 1.54) is 8.61 Å². The van der Waals surface area contributed by atoms with Crippen LogP contribution >= 0.6 is 0 Å². The van der Waals surface area contributed by atoms with Gasteiger partial charge < -0.3 is 5.11 Å². The van der Waals surface area contributed by atoms with Crippen molar-refractivity contribution in [1.29, 1.82) is 0 Å². The Morgan fingerprint density at radius 3 is 2.28 bits per heavy atom. The van der Waals surface area contributed by atoms with Crippen molar-refractivity contribution in [3.63, 3.8) is 0 Å². The third-order valence-corrected chi connectivity index (χ3v) is 5.06. The number of aliphatic carboxylic acids is 1. The van der Waals surface area contributed by atoms with Gasteiger partial charge in [-0.3, -0.25) is 4.79 Å². The van der Waals surface area contributed by atoms with Gasteiger partial charge in [0.25, 0.3) is 10.2 Å². The number of hydrogen-bond acceptors (Lipinski definition) is 3. The first-order valence-electron chi connectivity index (χ1n) is 6.45. The lowest BCUT2D eigenvalue weighted by Crippen LogP contribution is -2.34. The van der Waals surface area contributed by atoms with Gasteiger partial charge in [-0.15, -0.1) is 0 Å². The highest BCUT2D eigenvalue weighted by Crippen LogP contribution is 2.17. The number of hydrogen-bond donors (Lipinski definition) is 1. The fourth-order valence-electron chi connectivity index (χ4n) is 2.06. The van der Waals surface area contributed by atoms with Crippen LogP contribution in [0.5, 0.6) is 0 Å². The molecule has 1 heterocycles. The van der Waals surface area contributed by atoms with E-state index >= 15 is 0 Å². The van der Waals surface area contributed by atoms with E-state index in [-0.39, 0.29) is 6.42 Å². The summed E-state index contributed by atoms with van der Waals surface area (Å²) in [5.74, 6) is -0.794. The first kappa shape index (κ1) is 15.4. The summed E-state index contributed by atoms with van der Waals surface area (Å²) in [5, 5.41) is 8.49. The average Bonchev–Trinajstić information content (AvgIpc) is 2.55. The Morgan fingerprint density at radius 2 is 1.72 bits per heavy atom. The van der Waals surface area contributed by atoms with E-state index in [0.29, 0.717) is 32.6 Å². The molecular weight excluding hydrogens is 256 g/mol. The molecule has 1 aliphatic heterocycles. The third kappa shape index (κ3) is 4.22. The number of carboxylic acids is 1. The van der Waals surface area contributed by atoms with Crippen LogP contribution < -0.4 is 0 Å². The summed E-state index contributed by atoms with van der Waals surface area (Å²) < 4.78 is 27.0. The first-order chi connectivity index (χ1) is 8.48. The Labute approximate surface area is 109 Å². The predicted molar refractivity (Wildman–Crippen MR) is 68.5 cm³/mol. The molecule has 0 aromatic rings. The molecule has 18 heavy (non-hydrogen) atoms. The fraction of sp³-hybridized carbons (Fsp3) is 0.909. The molecule has 1 saturated heterocycles. The van der Waals surface area contributed by atoms with E-state index < -0.39 is 16.2 Å². The highest BCUT2D eigenvalue weighted by molar-refractivity contribution is 7.87. The molecule has 0 spiro atoms. The maximum Gasteiger partial charge on any atom is 0.303 e. The molecule has 7 heteroatoms. The smallest absolute Gasteiger partial charge is 0.303 e. The van der Waals surface area contributed by atoms with Crippen LogP contribution in [-0.2, 0) is 15.0 Å². The lowest BCUT2D eigenvalue weighted by molar-refractivity contribution is -0.137. The Bertz CT molecular complexity index is 369. The monoisotopic (exact) mass is 278 g/mol. The molecule has 1 fully saturated rings. The number of nitrogens with zero attached hydrogens (tertiary/aromatic N) is 2. The molecule has 0 aromatic carbocycles. The van der Waals surface area contributed by atoms with Crippen LogP contribution in [0.3, 0.4) is 0 Å². The quantitative estimate of drug-likeness (QED) is 0.669. The van der Waals surface area contributed by atoms with E-state index in [1.807, 2.05) is 6.92 Å². The summed E-state index contributed by atoms with van der Waals surface area (Å²) in [6.07, 6.45) is 3.08. The highest BCUT2D eigenvalue weighted by Gasteiger charge is 2.34. The first-order valence-corrected chi connectivity index (χ1v) is 7.85. The predicted octanol–water partition coefficient (Wildman–Crippen LogP) is 0.904. The lowest BCUT2D eigenvalue weighted by atomic mass is 10.2. The zero-order chi connectivity index (χ0) is 13.6. The summed E-state index contributed by atoms with van der Waals surface area (Å²) in [4.78, 5) is 10.3. The van der Waals surface area contributed by atoms with Crippen molar-refractivity contribution in [3.8, 4) is 0 Å². The second-order valence-corrected chi connectivity index (χ2v) is 6.44. The molecule has 0 radical (unpaired) electrons. The molecule has 0 saturated carbocycles. The fourth-order valence-corrected chi connectivity index (χ4v) is 3.79. The van der Waals surface area contributed by atoms with Crippen molar-refractivity contribution in [2.24, 2.45) is 0 Å². The van der Waals surface area contributed by atoms with Crippen molar-refractivity contribution < 1.29 is 18.3 Å². The largest absolute Gasteiger partial charge is 0.481 e. The van der Waals surface area contributed by atoms with Crippen LogP contribution in [0.1, 0.15) is 39.0 Å². The molecule has 106 valence electrons. The normalized spacial score (nSPS) is 20.3. The Morgan fingerprint density at radius 1 is 1.11 bits per heavy atom. The second kappa shape index (κ2) is 7.06. The maximum atomic E-state index is 12.0. The van der Waals surface area contributed by atoms with Gasteiger partial charge in [0, 0.05) is 32.6 Å². The highest BCUT2D eigenvalue weighted by atomic mass is 32.2. The summed E-state index contributed by atoms with van der Waals surface area (Å²) in [6, 6.07) is 0. The van der Waals surface area contributed by atoms with Crippen LogP contribution in [0.2, 0.25) is 0 Å². The molecule has 1 N–H and O–H groups in total. The van der Waals surface area contributed by atoms with Crippen LogP contribution in [0, 0.1) is 0 Å². The Hall–Kier alpha value is -0.660. The molecule has 0 aromatic heterocycles. The minimum atomic E-state index is -3.24. The molecule has 6 nitrogen and oxygen atoms in total.